The molecule has 1 aromatic heterocycles. The van der Waals surface area contributed by atoms with Crippen LogP contribution in [0.4, 0.5) is 5.82 Å². The molecule has 36 heavy (non-hydrogen) atoms. The fourth-order valence-electron chi connectivity index (χ4n) is 4.96. The Morgan fingerprint density at radius 3 is 2.72 bits per heavy atom. The average molecular weight is 500 g/mol. The zero-order valence-corrected chi connectivity index (χ0v) is 21.3. The van der Waals surface area contributed by atoms with Gasteiger partial charge in [-0.3, -0.25) is 9.59 Å². The van der Waals surface area contributed by atoms with Gasteiger partial charge in [-0.05, 0) is 35.1 Å². The molecular formula is C29H29N3O3S. The summed E-state index contributed by atoms with van der Waals surface area (Å²) in [5.74, 6) is 1.37. The number of anilines is 1. The first-order valence-electron chi connectivity index (χ1n) is 12.0. The number of ketones is 1. The Kier molecular flexibility index (Phi) is 6.58. The molecule has 1 aliphatic heterocycles. The van der Waals surface area contributed by atoms with Gasteiger partial charge >= 0.3 is 0 Å². The molecule has 1 atom stereocenters. The van der Waals surface area contributed by atoms with E-state index < -0.39 is 5.92 Å². The van der Waals surface area contributed by atoms with Gasteiger partial charge in [0.15, 0.2) is 10.9 Å². The summed E-state index contributed by atoms with van der Waals surface area (Å²) in [6.07, 6.45) is 2.91. The summed E-state index contributed by atoms with van der Waals surface area (Å²) >= 11 is 1.41. The second-order valence-corrected chi connectivity index (χ2v) is 11.0. The maximum atomic E-state index is 13.5. The van der Waals surface area contributed by atoms with Gasteiger partial charge in [-0.25, -0.2) is 4.98 Å². The Hall–Kier alpha value is -3.58. The first-order valence-corrected chi connectivity index (χ1v) is 13.0. The number of fused-ring (bicyclic) bond motifs is 1. The van der Waals surface area contributed by atoms with Crippen LogP contribution in [0.2, 0.25) is 0 Å². The molecule has 7 heteroatoms. The van der Waals surface area contributed by atoms with Crippen molar-refractivity contribution in [1.82, 2.24) is 9.97 Å². The van der Waals surface area contributed by atoms with E-state index in [2.05, 4.69) is 30.7 Å². The van der Waals surface area contributed by atoms with Crippen molar-refractivity contribution in [2.24, 2.45) is 5.41 Å². The zero-order chi connectivity index (χ0) is 25.3. The van der Waals surface area contributed by atoms with Crippen molar-refractivity contribution in [3.8, 4) is 5.75 Å². The van der Waals surface area contributed by atoms with Crippen LogP contribution < -0.4 is 15.6 Å². The van der Waals surface area contributed by atoms with Crippen molar-refractivity contribution < 1.29 is 9.53 Å². The molecule has 5 rings (SSSR count). The van der Waals surface area contributed by atoms with Crippen molar-refractivity contribution in [1.29, 1.82) is 0 Å². The van der Waals surface area contributed by atoms with Gasteiger partial charge in [0.1, 0.15) is 18.2 Å². The summed E-state index contributed by atoms with van der Waals surface area (Å²) in [5.41, 5.74) is 3.45. The van der Waals surface area contributed by atoms with Crippen LogP contribution in [-0.2, 0) is 11.4 Å². The summed E-state index contributed by atoms with van der Waals surface area (Å²) in [4.78, 5) is 34.5. The molecule has 184 valence electrons. The number of thioether (sulfide) groups is 1. The first-order chi connectivity index (χ1) is 17.3. The highest BCUT2D eigenvalue weighted by Crippen LogP contribution is 2.48. The van der Waals surface area contributed by atoms with Crippen LogP contribution in [0.15, 0.2) is 88.5 Å². The number of aromatic amines is 1. The van der Waals surface area contributed by atoms with Gasteiger partial charge in [-0.1, -0.05) is 74.1 Å². The van der Waals surface area contributed by atoms with E-state index in [0.717, 1.165) is 16.8 Å². The van der Waals surface area contributed by atoms with E-state index >= 15 is 0 Å². The third-order valence-corrected chi connectivity index (χ3v) is 7.35. The van der Waals surface area contributed by atoms with Crippen LogP contribution >= 0.6 is 11.8 Å². The number of benzene rings is 2. The first kappa shape index (κ1) is 24.1. The van der Waals surface area contributed by atoms with Gasteiger partial charge in [-0.2, -0.15) is 0 Å². The number of carbonyl (C=O) groups excluding carboxylic acids is 1. The lowest BCUT2D eigenvalue weighted by molar-refractivity contribution is -0.118. The van der Waals surface area contributed by atoms with E-state index in [9.17, 15) is 9.59 Å². The smallest absolute Gasteiger partial charge is 0.257 e. The number of aromatic nitrogens is 2. The number of nitrogens with one attached hydrogen (secondary N) is 2. The van der Waals surface area contributed by atoms with Crippen LogP contribution in [0.5, 0.6) is 5.75 Å². The molecule has 0 bridgehead atoms. The van der Waals surface area contributed by atoms with E-state index in [-0.39, 0.29) is 16.8 Å². The molecule has 1 aliphatic carbocycles. The third-order valence-electron chi connectivity index (χ3n) is 6.48. The topological polar surface area (TPSA) is 84.1 Å². The molecule has 0 unspecified atom stereocenters. The van der Waals surface area contributed by atoms with Crippen LogP contribution in [-0.4, -0.2) is 21.5 Å². The van der Waals surface area contributed by atoms with Gasteiger partial charge in [0, 0.05) is 29.4 Å². The predicted octanol–water partition coefficient (Wildman–Crippen LogP) is 5.83. The van der Waals surface area contributed by atoms with Crippen molar-refractivity contribution in [3.63, 3.8) is 0 Å². The van der Waals surface area contributed by atoms with Crippen LogP contribution in [0.1, 0.15) is 49.3 Å². The van der Waals surface area contributed by atoms with Crippen LogP contribution in [0.25, 0.3) is 0 Å². The monoisotopic (exact) mass is 499 g/mol. The van der Waals surface area contributed by atoms with E-state index in [0.29, 0.717) is 53.1 Å². The maximum Gasteiger partial charge on any atom is 0.257 e. The summed E-state index contributed by atoms with van der Waals surface area (Å²) in [6, 6.07) is 17.6. The second-order valence-electron chi connectivity index (χ2n) is 9.97. The van der Waals surface area contributed by atoms with E-state index in [1.165, 1.54) is 11.8 Å². The molecule has 2 aromatic carbocycles. The second kappa shape index (κ2) is 9.82. The highest BCUT2D eigenvalue weighted by Gasteiger charge is 2.42. The molecule has 0 fully saturated rings. The number of ether oxygens (including phenoxy) is 1. The summed E-state index contributed by atoms with van der Waals surface area (Å²) in [7, 11) is 0. The molecular weight excluding hydrogens is 470 g/mol. The van der Waals surface area contributed by atoms with Crippen LogP contribution in [0, 0.1) is 5.41 Å². The van der Waals surface area contributed by atoms with Gasteiger partial charge < -0.3 is 15.0 Å². The highest BCUT2D eigenvalue weighted by atomic mass is 32.2. The van der Waals surface area contributed by atoms with Gasteiger partial charge in [0.2, 0.25) is 0 Å². The number of rotatable bonds is 7. The lowest BCUT2D eigenvalue weighted by atomic mass is 9.69. The predicted molar refractivity (Wildman–Crippen MR) is 144 cm³/mol. The zero-order valence-electron chi connectivity index (χ0n) is 20.5. The molecule has 0 saturated heterocycles. The van der Waals surface area contributed by atoms with E-state index in [4.69, 9.17) is 9.72 Å². The number of hydrogen-bond donors (Lipinski definition) is 2. The molecule has 0 spiro atoms. The summed E-state index contributed by atoms with van der Waals surface area (Å²) < 4.78 is 6.07. The highest BCUT2D eigenvalue weighted by molar-refractivity contribution is 7.99. The minimum Gasteiger partial charge on any atom is -0.489 e. The number of allylic oxidation sites excluding steroid dienone is 2. The fourth-order valence-corrected chi connectivity index (χ4v) is 5.55. The Balaban J connectivity index is 1.58. The van der Waals surface area contributed by atoms with Gasteiger partial charge in [0.25, 0.3) is 5.56 Å². The largest absolute Gasteiger partial charge is 0.489 e. The van der Waals surface area contributed by atoms with Crippen molar-refractivity contribution in [2.75, 3.05) is 11.1 Å². The standard InChI is InChI=1S/C29H29N3O3S/c1-4-13-36-28-31-26-25(27(34)32-28)23(24-21(30-26)15-29(2,3)16-22(24)33)19-11-8-12-20(14-19)35-17-18-9-6-5-7-10-18/h4-12,14,23H,1,13,15-17H2,2-3H3,(H2,30,31,32,34)/t23-/m0/s1. The van der Waals surface area contributed by atoms with Crippen molar-refractivity contribution in [3.05, 3.63) is 106 Å². The molecule has 2 heterocycles. The van der Waals surface area contributed by atoms with Gasteiger partial charge in [-0.15, -0.1) is 6.58 Å². The fraction of sp³-hybridized carbons (Fsp3) is 0.276. The molecule has 2 aliphatic rings. The maximum absolute atomic E-state index is 13.5. The number of H-pyrrole nitrogens is 1. The SMILES string of the molecule is C=CCSc1nc2c(c(=O)[nH]1)[C@@H](c1cccc(OCc3ccccc3)c1)C1=C(CC(C)(C)CC1=O)N2. The molecule has 0 amide bonds. The Bertz CT molecular complexity index is 1410. The molecule has 6 nitrogen and oxygen atoms in total. The number of nitrogens with zero attached hydrogens (tertiary/aromatic N) is 1. The molecule has 0 saturated carbocycles. The number of carbonyl (C=O) groups is 1. The van der Waals surface area contributed by atoms with Crippen molar-refractivity contribution in [2.45, 2.75) is 44.4 Å². The van der Waals surface area contributed by atoms with E-state index in [1.54, 1.807) is 6.08 Å². The minimum atomic E-state index is -0.519. The lowest BCUT2D eigenvalue weighted by Gasteiger charge is -2.38. The normalized spacial score (nSPS) is 18.2. The molecule has 0 radical (unpaired) electrons. The van der Waals surface area contributed by atoms with Crippen molar-refractivity contribution >= 4 is 23.4 Å². The van der Waals surface area contributed by atoms with E-state index in [1.807, 2.05) is 54.6 Å². The minimum absolute atomic E-state index is 0.0597. The molecule has 2 N–H and O–H groups in total. The number of hydrogen-bond acceptors (Lipinski definition) is 6. The Morgan fingerprint density at radius 2 is 1.94 bits per heavy atom. The Labute approximate surface area is 214 Å². The van der Waals surface area contributed by atoms with Crippen LogP contribution in [0.3, 0.4) is 0 Å². The quantitative estimate of drug-likeness (QED) is 0.242. The molecule has 3 aromatic rings. The number of Topliss-reactive ketones (excluding diaryl/α,β-unsaturated/α-hetero) is 1. The third kappa shape index (κ3) is 4.88. The Morgan fingerprint density at radius 1 is 1.14 bits per heavy atom. The summed E-state index contributed by atoms with van der Waals surface area (Å²) in [5, 5.41) is 3.88. The summed E-state index contributed by atoms with van der Waals surface area (Å²) in [6.45, 7) is 8.36. The average Bonchev–Trinajstić information content (AvgIpc) is 2.85. The lowest BCUT2D eigenvalue weighted by Crippen LogP contribution is -2.37. The van der Waals surface area contributed by atoms with Gasteiger partial charge in [0.05, 0.1) is 5.56 Å².